The van der Waals surface area contributed by atoms with Crippen LogP contribution < -0.4 is 5.32 Å². The van der Waals surface area contributed by atoms with Crippen LogP contribution in [0.3, 0.4) is 0 Å². The number of piperidine rings is 2. The third-order valence-electron chi connectivity index (χ3n) is 9.52. The van der Waals surface area contributed by atoms with Gasteiger partial charge in [-0.15, -0.1) is 0 Å². The van der Waals surface area contributed by atoms with Crippen molar-refractivity contribution >= 4 is 21.8 Å². The smallest absolute Gasteiger partial charge is 0.243 e. The predicted octanol–water partition coefficient (Wildman–Crippen LogP) is 4.93. The van der Waals surface area contributed by atoms with Gasteiger partial charge >= 0.3 is 0 Å². The summed E-state index contributed by atoms with van der Waals surface area (Å²) in [5.41, 5.74) is 2.09. The molecule has 2 amide bonds. The van der Waals surface area contributed by atoms with Crippen molar-refractivity contribution in [3.05, 3.63) is 35.5 Å². The first-order valence-electron chi connectivity index (χ1n) is 15.6. The van der Waals surface area contributed by atoms with E-state index in [0.29, 0.717) is 68.1 Å². The molecule has 1 aromatic heterocycles. The summed E-state index contributed by atoms with van der Waals surface area (Å²) in [5, 5.41) is 7.19. The molecule has 42 heavy (non-hydrogen) atoms. The Hall–Kier alpha value is -2.72. The molecule has 3 fully saturated rings. The van der Waals surface area contributed by atoms with Gasteiger partial charge in [0.25, 0.3) is 0 Å². The number of hydrogen-bond donors (Lipinski definition) is 1. The Labute approximate surface area is 250 Å². The third kappa shape index (κ3) is 6.59. The van der Waals surface area contributed by atoms with Crippen LogP contribution >= 0.6 is 0 Å². The zero-order chi connectivity index (χ0) is 30.2. The standard InChI is InChI=1S/C32H46N4O5S/c1-20(2)27-12-9-21(3)13-32(38)36-18-24-15-26(28(36)7-6-8-31(37)33-27)19-35(17-24)42(39,40)30-16-25(11-10-22(30)4)29-14-23(5)34-41-29/h10-11,14,16,20-21,24,26-28H,6-9,12-13,15,17-19H2,1-5H3,(H,33,37)/t21-,24+,26-,27+,28+/m1/s1. The van der Waals surface area contributed by atoms with Crippen molar-refractivity contribution in [2.45, 2.75) is 96.5 Å². The Morgan fingerprint density at radius 1 is 1.05 bits per heavy atom. The van der Waals surface area contributed by atoms with Crippen molar-refractivity contribution in [1.82, 2.24) is 19.7 Å². The van der Waals surface area contributed by atoms with Gasteiger partial charge < -0.3 is 14.7 Å². The zero-order valence-electron chi connectivity index (χ0n) is 25.6. The first-order valence-corrected chi connectivity index (χ1v) is 17.0. The highest BCUT2D eigenvalue weighted by atomic mass is 32.2. The summed E-state index contributed by atoms with van der Waals surface area (Å²) in [6, 6.07) is 7.21. The largest absolute Gasteiger partial charge is 0.356 e. The number of nitrogens with one attached hydrogen (secondary N) is 1. The molecule has 9 nitrogen and oxygen atoms in total. The number of benzene rings is 1. The fourth-order valence-corrected chi connectivity index (χ4v) is 8.95. The van der Waals surface area contributed by atoms with E-state index in [1.54, 1.807) is 16.4 Å². The molecule has 5 atom stereocenters. The number of amides is 2. The van der Waals surface area contributed by atoms with Crippen molar-refractivity contribution in [2.24, 2.45) is 23.7 Å². The average Bonchev–Trinajstić information content (AvgIpc) is 3.37. The van der Waals surface area contributed by atoms with Crippen LogP contribution in [-0.2, 0) is 19.6 Å². The number of aryl methyl sites for hydroxylation is 2. The fraction of sp³-hybridized carbons (Fsp3) is 0.656. The maximum atomic E-state index is 14.1. The molecule has 0 radical (unpaired) electrons. The van der Waals surface area contributed by atoms with Crippen molar-refractivity contribution < 1.29 is 22.5 Å². The van der Waals surface area contributed by atoms with Gasteiger partial charge in [-0.1, -0.05) is 38.1 Å². The maximum Gasteiger partial charge on any atom is 0.243 e. The second-order valence-corrected chi connectivity index (χ2v) is 15.2. The molecule has 0 aliphatic carbocycles. The summed E-state index contributed by atoms with van der Waals surface area (Å²) in [6.45, 7) is 11.4. The fourth-order valence-electron chi connectivity index (χ4n) is 7.13. The molecule has 230 valence electrons. The first kappa shape index (κ1) is 30.7. The van der Waals surface area contributed by atoms with Gasteiger partial charge in [0.15, 0.2) is 5.76 Å². The molecule has 1 aromatic carbocycles. The summed E-state index contributed by atoms with van der Waals surface area (Å²) < 4.78 is 35.3. The summed E-state index contributed by atoms with van der Waals surface area (Å²) in [7, 11) is -3.78. The van der Waals surface area contributed by atoms with Crippen LogP contribution in [0.4, 0.5) is 0 Å². The zero-order valence-corrected chi connectivity index (χ0v) is 26.5. The molecule has 3 saturated heterocycles. The van der Waals surface area contributed by atoms with Crippen LogP contribution in [0.25, 0.3) is 11.3 Å². The topological polar surface area (TPSA) is 113 Å². The van der Waals surface area contributed by atoms with Crippen LogP contribution in [0, 0.1) is 37.5 Å². The quantitative estimate of drug-likeness (QED) is 0.534. The molecule has 3 aliphatic heterocycles. The van der Waals surface area contributed by atoms with Crippen molar-refractivity contribution in [3.63, 3.8) is 0 Å². The van der Waals surface area contributed by atoms with Crippen molar-refractivity contribution in [1.29, 1.82) is 0 Å². The SMILES string of the molecule is Cc1cc(-c2ccc(C)c(S(=O)(=O)N3C[C@@H]4C[C@H](C3)[C@@H]3CCCC(=O)N[C@H](C(C)C)CC[C@@H](C)CC(=O)N3C4)c2)on1. The molecule has 0 unspecified atom stereocenters. The highest BCUT2D eigenvalue weighted by Crippen LogP contribution is 2.39. The normalized spacial score (nSPS) is 28.4. The molecule has 4 heterocycles. The van der Waals surface area contributed by atoms with Gasteiger partial charge in [0.2, 0.25) is 21.8 Å². The van der Waals surface area contributed by atoms with E-state index in [9.17, 15) is 18.0 Å². The molecule has 2 aromatic rings. The lowest BCUT2D eigenvalue weighted by molar-refractivity contribution is -0.141. The minimum atomic E-state index is -3.78. The summed E-state index contributed by atoms with van der Waals surface area (Å²) in [4.78, 5) is 28.9. The number of hydrogen-bond acceptors (Lipinski definition) is 6. The second kappa shape index (κ2) is 12.5. The lowest BCUT2D eigenvalue weighted by atomic mass is 9.78. The van der Waals surface area contributed by atoms with Gasteiger partial charge in [-0.05, 0) is 81.3 Å². The first-order chi connectivity index (χ1) is 19.9. The van der Waals surface area contributed by atoms with E-state index in [1.165, 1.54) is 0 Å². The number of nitrogens with zero attached hydrogens (tertiary/aromatic N) is 3. The Kier molecular flexibility index (Phi) is 9.13. The van der Waals surface area contributed by atoms with E-state index >= 15 is 0 Å². The number of aromatic nitrogens is 1. The molecular weight excluding hydrogens is 552 g/mol. The minimum absolute atomic E-state index is 0.0311. The summed E-state index contributed by atoms with van der Waals surface area (Å²) in [6.07, 6.45) is 4.94. The summed E-state index contributed by atoms with van der Waals surface area (Å²) >= 11 is 0. The molecule has 5 rings (SSSR count). The molecule has 0 spiro atoms. The van der Waals surface area contributed by atoms with Gasteiger partial charge in [0, 0.05) is 56.2 Å². The van der Waals surface area contributed by atoms with Crippen LogP contribution in [0.5, 0.6) is 0 Å². The number of sulfonamides is 1. The summed E-state index contributed by atoms with van der Waals surface area (Å²) in [5.74, 6) is 1.45. The number of rotatable bonds is 4. The molecule has 10 heteroatoms. The molecular formula is C32H46N4O5S. The van der Waals surface area contributed by atoms with E-state index in [2.05, 4.69) is 31.2 Å². The number of carbonyl (C=O) groups excluding carboxylic acids is 2. The molecule has 2 bridgehead atoms. The van der Waals surface area contributed by atoms with E-state index < -0.39 is 10.0 Å². The van der Waals surface area contributed by atoms with Gasteiger partial charge in [0.05, 0.1) is 10.6 Å². The van der Waals surface area contributed by atoms with Crippen LogP contribution in [-0.4, -0.2) is 66.3 Å². The van der Waals surface area contributed by atoms with Crippen molar-refractivity contribution in [2.75, 3.05) is 19.6 Å². The van der Waals surface area contributed by atoms with Crippen molar-refractivity contribution in [3.8, 4) is 11.3 Å². The third-order valence-corrected chi connectivity index (χ3v) is 11.5. The molecule has 3 aliphatic rings. The predicted molar refractivity (Wildman–Crippen MR) is 161 cm³/mol. The van der Waals surface area contributed by atoms with E-state index in [0.717, 1.165) is 25.0 Å². The number of fused-ring (bicyclic) bond motifs is 4. The van der Waals surface area contributed by atoms with Gasteiger partial charge in [-0.25, -0.2) is 8.42 Å². The molecule has 1 N–H and O–H groups in total. The number of carbonyl (C=O) groups is 2. The Balaban J connectivity index is 1.38. The Morgan fingerprint density at radius 2 is 1.83 bits per heavy atom. The van der Waals surface area contributed by atoms with Crippen LogP contribution in [0.15, 0.2) is 33.7 Å². The highest BCUT2D eigenvalue weighted by molar-refractivity contribution is 7.89. The van der Waals surface area contributed by atoms with Crippen LogP contribution in [0.2, 0.25) is 0 Å². The highest BCUT2D eigenvalue weighted by Gasteiger charge is 2.45. The monoisotopic (exact) mass is 598 g/mol. The average molecular weight is 599 g/mol. The lowest BCUT2D eigenvalue weighted by Crippen LogP contribution is -2.60. The van der Waals surface area contributed by atoms with E-state index in [1.807, 2.05) is 30.9 Å². The van der Waals surface area contributed by atoms with E-state index in [-0.39, 0.29) is 46.5 Å². The lowest BCUT2D eigenvalue weighted by Gasteiger charge is -2.50. The Bertz CT molecular complexity index is 1400. The van der Waals surface area contributed by atoms with Crippen LogP contribution in [0.1, 0.15) is 77.0 Å². The van der Waals surface area contributed by atoms with Gasteiger partial charge in [-0.2, -0.15) is 4.31 Å². The minimum Gasteiger partial charge on any atom is -0.356 e. The van der Waals surface area contributed by atoms with Gasteiger partial charge in [0.1, 0.15) is 0 Å². The van der Waals surface area contributed by atoms with Gasteiger partial charge in [-0.3, -0.25) is 9.59 Å². The second-order valence-electron chi connectivity index (χ2n) is 13.3. The van der Waals surface area contributed by atoms with E-state index in [4.69, 9.17) is 4.52 Å². The molecule has 0 saturated carbocycles. The maximum absolute atomic E-state index is 14.1. The Morgan fingerprint density at radius 3 is 2.55 bits per heavy atom.